The highest BCUT2D eigenvalue weighted by molar-refractivity contribution is 5.80. The minimum absolute atomic E-state index is 0.0867. The number of aromatic nitrogens is 2. The van der Waals surface area contributed by atoms with Crippen LogP contribution in [0.4, 0.5) is 36.7 Å². The summed E-state index contributed by atoms with van der Waals surface area (Å²) >= 11 is 0. The number of carbonyl (C=O) groups excluding carboxylic acids is 1. The van der Waals surface area contributed by atoms with Crippen molar-refractivity contribution in [3.63, 3.8) is 0 Å². The van der Waals surface area contributed by atoms with E-state index in [2.05, 4.69) is 14.9 Å². The van der Waals surface area contributed by atoms with Crippen LogP contribution in [-0.4, -0.2) is 70.5 Å². The van der Waals surface area contributed by atoms with Crippen LogP contribution in [0.2, 0.25) is 0 Å². The van der Waals surface area contributed by atoms with E-state index in [-0.39, 0.29) is 55.7 Å². The van der Waals surface area contributed by atoms with Gasteiger partial charge in [-0.3, -0.25) is 9.69 Å². The Labute approximate surface area is 213 Å². The number of piperazine rings is 1. The van der Waals surface area contributed by atoms with Crippen LogP contribution in [0.15, 0.2) is 36.7 Å². The highest BCUT2D eigenvalue weighted by atomic mass is 19.4. The molecule has 0 aliphatic carbocycles. The van der Waals surface area contributed by atoms with Gasteiger partial charge in [0.25, 0.3) is 0 Å². The zero-order chi connectivity index (χ0) is 27.2. The average Bonchev–Trinajstić information content (AvgIpc) is 3.13. The molecule has 1 amide bonds. The Morgan fingerprint density at radius 2 is 1.50 bits per heavy atom. The van der Waals surface area contributed by atoms with Crippen molar-refractivity contribution < 1.29 is 35.5 Å². The summed E-state index contributed by atoms with van der Waals surface area (Å²) < 4.78 is 92.5. The van der Waals surface area contributed by atoms with E-state index in [4.69, 9.17) is 0 Å². The lowest BCUT2D eigenvalue weighted by Gasteiger charge is -2.41. The number of alkyl halides is 6. The predicted octanol–water partition coefficient (Wildman–Crippen LogP) is 4.62. The summed E-state index contributed by atoms with van der Waals surface area (Å²) in [6.07, 6.45) is -4.14. The molecule has 2 atom stereocenters. The van der Waals surface area contributed by atoms with Gasteiger partial charge in [0, 0.05) is 38.3 Å². The lowest BCUT2D eigenvalue weighted by molar-refractivity contribution is -0.143. The Morgan fingerprint density at radius 1 is 0.921 bits per heavy atom. The largest absolute Gasteiger partial charge is 0.416 e. The second kappa shape index (κ2) is 9.83. The van der Waals surface area contributed by atoms with Gasteiger partial charge in [0.05, 0.1) is 30.1 Å². The lowest BCUT2D eigenvalue weighted by atomic mass is 9.95. The van der Waals surface area contributed by atoms with E-state index in [0.717, 1.165) is 37.4 Å². The molecular weight excluding hydrogens is 519 g/mol. The monoisotopic (exact) mass is 543 g/mol. The van der Waals surface area contributed by atoms with Crippen LogP contribution in [0.3, 0.4) is 0 Å². The maximum Gasteiger partial charge on any atom is 0.416 e. The summed E-state index contributed by atoms with van der Waals surface area (Å²) in [6, 6.07) is 1.72. The number of benzene rings is 1. The number of hydrogen-bond acceptors (Lipinski definition) is 5. The Kier molecular flexibility index (Phi) is 6.82. The van der Waals surface area contributed by atoms with Gasteiger partial charge in [-0.2, -0.15) is 26.3 Å². The van der Waals surface area contributed by atoms with Crippen molar-refractivity contribution in [2.75, 3.05) is 37.6 Å². The Bertz CT molecular complexity index is 1180. The Hall–Kier alpha value is -3.22. The van der Waals surface area contributed by atoms with Crippen LogP contribution in [-0.2, 0) is 17.1 Å². The van der Waals surface area contributed by atoms with Gasteiger partial charge >= 0.3 is 12.4 Å². The summed E-state index contributed by atoms with van der Waals surface area (Å²) in [5.74, 6) is -0.217. The van der Waals surface area contributed by atoms with Gasteiger partial charge in [0.15, 0.2) is 5.82 Å². The molecular formula is C25H24F7N5O. The molecule has 2 aromatic rings. The maximum atomic E-state index is 13.2. The van der Waals surface area contributed by atoms with Gasteiger partial charge in [0.2, 0.25) is 11.9 Å². The quantitative estimate of drug-likeness (QED) is 0.527. The number of carbonyl (C=O) groups is 1. The zero-order valence-corrected chi connectivity index (χ0v) is 20.1. The van der Waals surface area contributed by atoms with Crippen LogP contribution in [0.1, 0.15) is 36.0 Å². The third-order valence-electron chi connectivity index (χ3n) is 7.27. The molecule has 0 saturated carbocycles. The fraction of sp³-hybridized carbons (Fsp3) is 0.480. The second-order valence-corrected chi connectivity index (χ2v) is 9.80. The van der Waals surface area contributed by atoms with Crippen LogP contribution in [0.5, 0.6) is 0 Å². The molecule has 4 heterocycles. The molecule has 2 bridgehead atoms. The molecule has 204 valence electrons. The topological polar surface area (TPSA) is 52.6 Å². The van der Waals surface area contributed by atoms with E-state index in [0.29, 0.717) is 24.6 Å². The lowest BCUT2D eigenvalue weighted by Crippen LogP contribution is -2.56. The predicted molar refractivity (Wildman–Crippen MR) is 123 cm³/mol. The van der Waals surface area contributed by atoms with Crippen LogP contribution in [0.25, 0.3) is 5.57 Å². The maximum absolute atomic E-state index is 13.2. The van der Waals surface area contributed by atoms with Crippen molar-refractivity contribution in [1.82, 2.24) is 19.8 Å². The van der Waals surface area contributed by atoms with E-state index in [1.165, 1.54) is 6.08 Å². The number of rotatable bonds is 4. The third kappa shape index (κ3) is 5.47. The summed E-state index contributed by atoms with van der Waals surface area (Å²) in [6.45, 7) is 1.64. The van der Waals surface area contributed by atoms with Gasteiger partial charge < -0.3 is 9.80 Å². The first-order valence-corrected chi connectivity index (χ1v) is 12.1. The summed E-state index contributed by atoms with van der Waals surface area (Å²) in [7, 11) is 0. The zero-order valence-electron chi connectivity index (χ0n) is 20.1. The molecule has 3 aliphatic heterocycles. The molecule has 0 spiro atoms. The molecule has 1 aromatic carbocycles. The molecule has 13 heteroatoms. The summed E-state index contributed by atoms with van der Waals surface area (Å²) in [5.41, 5.74) is -2.52. The van der Waals surface area contributed by atoms with Crippen molar-refractivity contribution in [1.29, 1.82) is 0 Å². The number of nitrogens with zero attached hydrogens (tertiary/aromatic N) is 5. The first-order chi connectivity index (χ1) is 17.9. The first kappa shape index (κ1) is 26.4. The van der Waals surface area contributed by atoms with E-state index in [1.807, 2.05) is 4.90 Å². The Morgan fingerprint density at radius 3 is 2.00 bits per heavy atom. The van der Waals surface area contributed by atoms with Crippen molar-refractivity contribution in [3.05, 3.63) is 59.2 Å². The molecule has 3 aliphatic rings. The molecule has 5 rings (SSSR count). The van der Waals surface area contributed by atoms with Crippen molar-refractivity contribution >= 4 is 17.4 Å². The molecule has 0 N–H and O–H groups in total. The van der Waals surface area contributed by atoms with Crippen LogP contribution >= 0.6 is 0 Å². The first-order valence-electron chi connectivity index (χ1n) is 12.1. The SMILES string of the molecule is O=C(CN1CC2CCC(C1)N2c1ncc(F)cn1)N1CC=C(c2cc(C(F)(F)F)cc(C(F)(F)F)c2)CC1. The fourth-order valence-electron chi connectivity index (χ4n) is 5.47. The summed E-state index contributed by atoms with van der Waals surface area (Å²) in [5, 5.41) is 0. The third-order valence-corrected chi connectivity index (χ3v) is 7.27. The molecule has 2 saturated heterocycles. The highest BCUT2D eigenvalue weighted by Gasteiger charge is 2.42. The van der Waals surface area contributed by atoms with Crippen molar-refractivity contribution in [3.8, 4) is 0 Å². The van der Waals surface area contributed by atoms with Crippen LogP contribution < -0.4 is 4.90 Å². The molecule has 0 radical (unpaired) electrons. The normalized spacial score (nSPS) is 22.6. The fourth-order valence-corrected chi connectivity index (χ4v) is 5.47. The average molecular weight is 543 g/mol. The number of hydrogen-bond donors (Lipinski definition) is 0. The molecule has 1 aromatic heterocycles. The standard InChI is InChI=1S/C25H24F7N5O/c26-19-10-33-23(34-11-19)37-20-1-2-21(37)13-35(12-20)14-22(38)36-5-3-15(4-6-36)16-7-17(24(27,28)29)9-18(8-16)25(30,31)32/h3,7-11,20-21H,1-2,4-6,12-14H2. The number of anilines is 1. The van der Waals surface area contributed by atoms with Crippen molar-refractivity contribution in [2.45, 2.75) is 43.7 Å². The summed E-state index contributed by atoms with van der Waals surface area (Å²) in [4.78, 5) is 26.8. The number of likely N-dealkylation sites (tertiary alicyclic amines) is 1. The van der Waals surface area contributed by atoms with Crippen molar-refractivity contribution in [2.24, 2.45) is 0 Å². The van der Waals surface area contributed by atoms with Crippen LogP contribution in [0, 0.1) is 5.82 Å². The van der Waals surface area contributed by atoms with Gasteiger partial charge in [-0.25, -0.2) is 14.4 Å². The number of amides is 1. The minimum atomic E-state index is -4.92. The van der Waals surface area contributed by atoms with Gasteiger partial charge in [0.1, 0.15) is 0 Å². The van der Waals surface area contributed by atoms with Gasteiger partial charge in [-0.15, -0.1) is 0 Å². The number of halogens is 7. The van der Waals surface area contributed by atoms with E-state index < -0.39 is 29.3 Å². The minimum Gasteiger partial charge on any atom is -0.338 e. The Balaban J connectivity index is 1.23. The molecule has 38 heavy (non-hydrogen) atoms. The van der Waals surface area contributed by atoms with E-state index in [9.17, 15) is 35.5 Å². The molecule has 6 nitrogen and oxygen atoms in total. The number of fused-ring (bicyclic) bond motifs is 2. The molecule has 2 unspecified atom stereocenters. The van der Waals surface area contributed by atoms with E-state index >= 15 is 0 Å². The highest BCUT2D eigenvalue weighted by Crippen LogP contribution is 2.38. The molecule has 2 fully saturated rings. The van der Waals surface area contributed by atoms with E-state index in [1.54, 1.807) is 4.90 Å². The second-order valence-electron chi connectivity index (χ2n) is 9.80. The smallest absolute Gasteiger partial charge is 0.338 e. The van der Waals surface area contributed by atoms with Gasteiger partial charge in [-0.1, -0.05) is 6.08 Å². The van der Waals surface area contributed by atoms with Gasteiger partial charge in [-0.05, 0) is 48.6 Å².